The molecule has 0 aliphatic heterocycles. The fourth-order valence-corrected chi connectivity index (χ4v) is 10.1. The van der Waals surface area contributed by atoms with Crippen LogP contribution in [0.4, 0.5) is 0 Å². The molecule has 0 saturated heterocycles. The van der Waals surface area contributed by atoms with Crippen LogP contribution in [-0.2, 0) is 40.4 Å². The van der Waals surface area contributed by atoms with Crippen LogP contribution in [0.25, 0.3) is 67.2 Å². The lowest BCUT2D eigenvalue weighted by molar-refractivity contribution is -0.661. The van der Waals surface area contributed by atoms with Crippen LogP contribution in [0.1, 0.15) is 94.4 Å². The summed E-state index contributed by atoms with van der Waals surface area (Å²) in [5.41, 5.74) is 27.4. The molecule has 0 N–H and O–H groups in total. The Kier molecular flexibility index (Phi) is 14.9. The highest BCUT2D eigenvalue weighted by atomic mass is 14.9. The monoisotopic (exact) mass is 954 g/mol. The molecule has 0 unspecified atom stereocenters. The van der Waals surface area contributed by atoms with E-state index in [1.807, 2.05) is 74.1 Å². The second kappa shape index (κ2) is 23.3. The van der Waals surface area contributed by atoms with Crippen molar-refractivity contribution in [3.05, 3.63) is 231 Å². The van der Waals surface area contributed by atoms with Crippen molar-refractivity contribution < 1.29 is 20.6 Å². The van der Waals surface area contributed by atoms with Crippen LogP contribution in [0, 0.1) is 62.2 Å². The van der Waals surface area contributed by atoms with Crippen LogP contribution in [-0.4, -0.2) is 0 Å². The number of aryl methyl sites for hydroxylation is 15. The summed E-state index contributed by atoms with van der Waals surface area (Å²) in [7, 11) is 6.18. The standard InChI is InChI=1S/3C23H26N/c2*1-6-19-15-24(5)23(13-16(19)2)22-14-21(17(3)12-18(22)4)20-10-8-7-9-11-20;1-6-19-13-23(24(5)15-18(19)4)22-14-21(16(2)12-17(22)3)20-10-8-7-9-11-20/h3*7-15H,6H2,1-5H3/q3*+1/i3D3,6D2;;. The van der Waals surface area contributed by atoms with E-state index in [0.29, 0.717) is 16.7 Å². The third-order valence-corrected chi connectivity index (χ3v) is 14.3. The molecule has 0 spiro atoms. The Morgan fingerprint density at radius 3 is 1.06 bits per heavy atom. The van der Waals surface area contributed by atoms with Gasteiger partial charge in [0.25, 0.3) is 0 Å². The van der Waals surface area contributed by atoms with Gasteiger partial charge in [-0.2, -0.15) is 0 Å². The summed E-state index contributed by atoms with van der Waals surface area (Å²) in [5.74, 6) is 0. The van der Waals surface area contributed by atoms with Crippen molar-refractivity contribution in [2.24, 2.45) is 21.1 Å². The molecule has 6 aromatic carbocycles. The van der Waals surface area contributed by atoms with Gasteiger partial charge in [-0.05, 0) is 183 Å². The summed E-state index contributed by atoms with van der Waals surface area (Å²) >= 11 is 0. The second-order valence-electron chi connectivity index (χ2n) is 19.6. The van der Waals surface area contributed by atoms with E-state index in [0.717, 1.165) is 40.8 Å². The Bertz CT molecular complexity index is 3560. The molecule has 0 bridgehead atoms. The zero-order valence-corrected chi connectivity index (χ0v) is 45.3. The number of rotatable bonds is 9. The Balaban J connectivity index is 0.000000169. The largest absolute Gasteiger partial charge is 0.212 e. The van der Waals surface area contributed by atoms with Gasteiger partial charge in [-0.3, -0.25) is 0 Å². The molecule has 3 heteroatoms. The third kappa shape index (κ3) is 11.7. The molecule has 0 aliphatic rings. The number of hydrogen-bond donors (Lipinski definition) is 0. The first-order chi connectivity index (χ1) is 36.4. The van der Waals surface area contributed by atoms with Crippen molar-refractivity contribution in [1.82, 2.24) is 0 Å². The van der Waals surface area contributed by atoms with Crippen molar-refractivity contribution in [1.29, 1.82) is 0 Å². The van der Waals surface area contributed by atoms with Crippen molar-refractivity contribution >= 4 is 0 Å². The van der Waals surface area contributed by atoms with E-state index in [9.17, 15) is 0 Å². The minimum absolute atomic E-state index is 0.339. The fourth-order valence-electron chi connectivity index (χ4n) is 10.1. The molecular weight excluding hydrogens is 871 g/mol. The topological polar surface area (TPSA) is 11.6 Å². The predicted octanol–water partition coefficient (Wildman–Crippen LogP) is 16.0. The first-order valence-electron chi connectivity index (χ1n) is 28.0. The molecule has 9 aromatic rings. The molecular formula is C69H78N3+3. The van der Waals surface area contributed by atoms with Crippen LogP contribution in [0.2, 0.25) is 0 Å². The van der Waals surface area contributed by atoms with Gasteiger partial charge in [0.15, 0.2) is 18.6 Å². The summed E-state index contributed by atoms with van der Waals surface area (Å²) in [6, 6.07) is 50.5. The van der Waals surface area contributed by atoms with E-state index in [1.54, 1.807) is 13.0 Å². The van der Waals surface area contributed by atoms with Gasteiger partial charge in [-0.1, -0.05) is 130 Å². The second-order valence-corrected chi connectivity index (χ2v) is 19.6. The smallest absolute Gasteiger partial charge is 0.201 e. The normalized spacial score (nSPS) is 12.3. The van der Waals surface area contributed by atoms with Gasteiger partial charge in [0.2, 0.25) is 17.1 Å². The van der Waals surface area contributed by atoms with Crippen molar-refractivity contribution in [2.45, 2.75) is 102 Å². The minimum atomic E-state index is -2.21. The number of hydrogen-bond acceptors (Lipinski definition) is 0. The molecule has 9 rings (SSSR count). The Hall–Kier alpha value is -7.23. The molecule has 0 saturated carbocycles. The molecule has 0 atom stereocenters. The maximum atomic E-state index is 8.06. The van der Waals surface area contributed by atoms with Crippen molar-refractivity contribution in [3.63, 3.8) is 0 Å². The number of benzene rings is 6. The van der Waals surface area contributed by atoms with E-state index in [4.69, 9.17) is 6.85 Å². The molecule has 0 fully saturated rings. The molecule has 0 amide bonds. The minimum Gasteiger partial charge on any atom is -0.201 e. The zero-order chi connectivity index (χ0) is 56.1. The summed E-state index contributed by atoms with van der Waals surface area (Å²) in [6.07, 6.45) is 7.04. The Morgan fingerprint density at radius 2 is 0.667 bits per heavy atom. The molecule has 0 radical (unpaired) electrons. The summed E-state index contributed by atoms with van der Waals surface area (Å²) in [4.78, 5) is 0. The SMILES string of the molecule is CCc1c[n+](C)c(-c2cc(-c3ccccc3)c(C)cc2C)cc1C.CCc1cc(-c2cc(-c3ccccc3)c(C)cc2C)[n+](C)cc1C.[2H]C([2H])([2H])c1cc(C)c(-c2cc(C)c(C([2H])([2H])C)c[n+]2C)cc1-c1ccccc1. The lowest BCUT2D eigenvalue weighted by atomic mass is 9.92. The van der Waals surface area contributed by atoms with Crippen LogP contribution < -0.4 is 13.7 Å². The quantitative estimate of drug-likeness (QED) is 0.128. The molecule has 3 nitrogen and oxygen atoms in total. The number of aromatic nitrogens is 3. The van der Waals surface area contributed by atoms with E-state index >= 15 is 0 Å². The predicted molar refractivity (Wildman–Crippen MR) is 306 cm³/mol. The highest BCUT2D eigenvalue weighted by Crippen LogP contribution is 2.35. The van der Waals surface area contributed by atoms with Gasteiger partial charge in [0.1, 0.15) is 21.1 Å². The highest BCUT2D eigenvalue weighted by Gasteiger charge is 2.21. The summed E-state index contributed by atoms with van der Waals surface area (Å²) < 4.78 is 46.5. The zero-order valence-electron chi connectivity index (χ0n) is 50.3. The third-order valence-electron chi connectivity index (χ3n) is 14.3. The van der Waals surface area contributed by atoms with Crippen LogP contribution in [0.15, 0.2) is 164 Å². The van der Waals surface area contributed by atoms with Crippen molar-refractivity contribution in [2.75, 3.05) is 0 Å². The summed E-state index contributed by atoms with van der Waals surface area (Å²) in [5, 5.41) is 0. The first-order valence-corrected chi connectivity index (χ1v) is 25.5. The average molecular weight is 954 g/mol. The van der Waals surface area contributed by atoms with Gasteiger partial charge in [-0.15, -0.1) is 0 Å². The maximum Gasteiger partial charge on any atom is 0.212 e. The number of nitrogens with zero attached hydrogens (tertiary/aromatic N) is 3. The van der Waals surface area contributed by atoms with E-state index in [1.165, 1.54) is 89.3 Å². The van der Waals surface area contributed by atoms with E-state index in [-0.39, 0.29) is 0 Å². The Morgan fingerprint density at radius 1 is 0.333 bits per heavy atom. The van der Waals surface area contributed by atoms with Crippen molar-refractivity contribution in [3.8, 4) is 67.2 Å². The highest BCUT2D eigenvalue weighted by molar-refractivity contribution is 5.78. The molecule has 72 heavy (non-hydrogen) atoms. The van der Waals surface area contributed by atoms with Gasteiger partial charge in [-0.25, -0.2) is 13.7 Å². The van der Waals surface area contributed by atoms with Gasteiger partial charge >= 0.3 is 0 Å². The molecule has 3 aromatic heterocycles. The van der Waals surface area contributed by atoms with Crippen LogP contribution >= 0.6 is 0 Å². The van der Waals surface area contributed by atoms with Crippen LogP contribution in [0.5, 0.6) is 0 Å². The molecule has 366 valence electrons. The van der Waals surface area contributed by atoms with Gasteiger partial charge in [0, 0.05) is 58.4 Å². The maximum absolute atomic E-state index is 8.06. The average Bonchev–Trinajstić information content (AvgIpc) is 3.40. The first kappa shape index (κ1) is 45.9. The molecule has 3 heterocycles. The van der Waals surface area contributed by atoms with Gasteiger partial charge in [0.05, 0.1) is 0 Å². The summed E-state index contributed by atoms with van der Waals surface area (Å²) in [6.45, 7) is 20.8. The fraction of sp³-hybridized carbons (Fsp3) is 0.261. The molecule has 0 aliphatic carbocycles. The lowest BCUT2D eigenvalue weighted by Gasteiger charge is -2.13. The van der Waals surface area contributed by atoms with Crippen LogP contribution in [0.3, 0.4) is 0 Å². The van der Waals surface area contributed by atoms with Gasteiger partial charge < -0.3 is 0 Å². The number of pyridine rings is 3. The lowest BCUT2D eigenvalue weighted by Crippen LogP contribution is -2.32. The van der Waals surface area contributed by atoms with E-state index in [2.05, 4.69) is 188 Å². The Labute approximate surface area is 440 Å². The van der Waals surface area contributed by atoms with E-state index < -0.39 is 13.2 Å².